The van der Waals surface area contributed by atoms with Crippen molar-refractivity contribution >= 4 is 0 Å². The molecule has 0 spiro atoms. The molecule has 0 aliphatic carbocycles. The minimum absolute atomic E-state index is 0.393. The van der Waals surface area contributed by atoms with Crippen LogP contribution in [-0.4, -0.2) is 13.2 Å². The molecule has 0 atom stereocenters. The van der Waals surface area contributed by atoms with Crippen molar-refractivity contribution in [3.05, 3.63) is 35.4 Å². The highest BCUT2D eigenvalue weighted by molar-refractivity contribution is 5.17. The zero-order chi connectivity index (χ0) is 9.68. The second kappa shape index (κ2) is 4.89. The third kappa shape index (κ3) is 3.08. The Morgan fingerprint density at radius 2 is 2.00 bits per heavy atom. The van der Waals surface area contributed by atoms with E-state index in [4.69, 9.17) is 5.73 Å². The zero-order valence-corrected chi connectivity index (χ0v) is 7.19. The maximum atomic E-state index is 12.7. The average Bonchev–Trinajstić information content (AvgIpc) is 2.12. The summed E-state index contributed by atoms with van der Waals surface area (Å²) in [6.45, 7) is 1.06. The molecule has 0 saturated carbocycles. The molecule has 0 aliphatic heterocycles. The predicted molar refractivity (Wildman–Crippen MR) is 47.1 cm³/mol. The zero-order valence-electron chi connectivity index (χ0n) is 7.19. The van der Waals surface area contributed by atoms with Gasteiger partial charge >= 0.3 is 0 Å². The average molecular weight is 186 g/mol. The summed E-state index contributed by atoms with van der Waals surface area (Å²) in [7, 11) is 0. The monoisotopic (exact) mass is 186 g/mol. The van der Waals surface area contributed by atoms with Crippen LogP contribution in [0.1, 0.15) is 5.56 Å². The Morgan fingerprint density at radius 1 is 1.23 bits per heavy atom. The molecule has 72 valence electrons. The lowest BCUT2D eigenvalue weighted by Gasteiger charge is -2.02. The standard InChI is InChI=1S/C9H12F2N2/c10-8-2-1-7(5-9(8)11)3-4-13-6-12/h1-2,5,13H,3-4,6,12H2. The molecule has 4 heteroatoms. The first-order chi connectivity index (χ1) is 6.24. The fourth-order valence-electron chi connectivity index (χ4n) is 1.03. The van der Waals surface area contributed by atoms with E-state index in [1.165, 1.54) is 6.07 Å². The summed E-state index contributed by atoms with van der Waals surface area (Å²) in [5, 5.41) is 2.89. The summed E-state index contributed by atoms with van der Waals surface area (Å²) in [6.07, 6.45) is 0.647. The largest absolute Gasteiger partial charge is 0.318 e. The summed E-state index contributed by atoms with van der Waals surface area (Å²) in [5.41, 5.74) is 5.97. The molecule has 0 aliphatic rings. The Kier molecular flexibility index (Phi) is 3.79. The van der Waals surface area contributed by atoms with Crippen LogP contribution in [-0.2, 0) is 6.42 Å². The SMILES string of the molecule is NCNCCc1ccc(F)c(F)c1. The van der Waals surface area contributed by atoms with Crippen molar-refractivity contribution in [2.75, 3.05) is 13.2 Å². The number of benzene rings is 1. The van der Waals surface area contributed by atoms with Gasteiger partial charge in [-0.15, -0.1) is 0 Å². The molecule has 0 aromatic heterocycles. The summed E-state index contributed by atoms with van der Waals surface area (Å²) in [4.78, 5) is 0. The topological polar surface area (TPSA) is 38.0 Å². The van der Waals surface area contributed by atoms with Crippen LogP contribution in [0.5, 0.6) is 0 Å². The third-order valence-corrected chi connectivity index (χ3v) is 1.72. The van der Waals surface area contributed by atoms with Gasteiger partial charge in [0.1, 0.15) is 0 Å². The van der Waals surface area contributed by atoms with E-state index in [9.17, 15) is 8.78 Å². The molecule has 2 nitrogen and oxygen atoms in total. The summed E-state index contributed by atoms with van der Waals surface area (Å²) < 4.78 is 25.1. The highest BCUT2D eigenvalue weighted by Crippen LogP contribution is 2.08. The van der Waals surface area contributed by atoms with Gasteiger partial charge in [0.2, 0.25) is 0 Å². The van der Waals surface area contributed by atoms with Crippen molar-refractivity contribution < 1.29 is 8.78 Å². The smallest absolute Gasteiger partial charge is 0.159 e. The molecule has 0 fully saturated rings. The van der Waals surface area contributed by atoms with Gasteiger partial charge in [-0.1, -0.05) is 6.07 Å². The summed E-state index contributed by atoms with van der Waals surface area (Å²) in [6, 6.07) is 3.90. The number of halogens is 2. The first-order valence-corrected chi connectivity index (χ1v) is 4.08. The predicted octanol–water partition coefficient (Wildman–Crippen LogP) is 1.01. The van der Waals surface area contributed by atoms with Crippen LogP contribution in [0.2, 0.25) is 0 Å². The van der Waals surface area contributed by atoms with Gasteiger partial charge in [-0.3, -0.25) is 0 Å². The molecule has 1 aromatic rings. The lowest BCUT2D eigenvalue weighted by atomic mass is 10.1. The van der Waals surface area contributed by atoms with Crippen molar-refractivity contribution in [2.24, 2.45) is 5.73 Å². The van der Waals surface area contributed by atoms with Crippen LogP contribution in [0, 0.1) is 11.6 Å². The van der Waals surface area contributed by atoms with Gasteiger partial charge < -0.3 is 11.1 Å². The van der Waals surface area contributed by atoms with Gasteiger partial charge in [-0.05, 0) is 24.1 Å². The fraction of sp³-hybridized carbons (Fsp3) is 0.333. The van der Waals surface area contributed by atoms with Crippen LogP contribution < -0.4 is 11.1 Å². The second-order valence-electron chi connectivity index (χ2n) is 2.70. The Morgan fingerprint density at radius 3 is 2.62 bits per heavy atom. The highest BCUT2D eigenvalue weighted by Gasteiger charge is 2.01. The number of nitrogens with two attached hydrogens (primary N) is 1. The molecule has 3 N–H and O–H groups in total. The number of nitrogens with one attached hydrogen (secondary N) is 1. The molecule has 1 rings (SSSR count). The molecule has 0 heterocycles. The van der Waals surface area contributed by atoms with Gasteiger partial charge in [0.05, 0.1) is 0 Å². The van der Waals surface area contributed by atoms with Crippen LogP contribution in [0.4, 0.5) is 8.78 Å². The third-order valence-electron chi connectivity index (χ3n) is 1.72. The summed E-state index contributed by atoms with van der Waals surface area (Å²) >= 11 is 0. The second-order valence-corrected chi connectivity index (χ2v) is 2.70. The number of hydrogen-bond acceptors (Lipinski definition) is 2. The van der Waals surface area contributed by atoms with Crippen molar-refractivity contribution in [2.45, 2.75) is 6.42 Å². The van der Waals surface area contributed by atoms with Gasteiger partial charge in [-0.25, -0.2) is 8.78 Å². The van der Waals surface area contributed by atoms with Crippen LogP contribution in [0.15, 0.2) is 18.2 Å². The number of rotatable bonds is 4. The van der Waals surface area contributed by atoms with Gasteiger partial charge in [0.25, 0.3) is 0 Å². The van der Waals surface area contributed by atoms with Crippen LogP contribution in [0.25, 0.3) is 0 Å². The van der Waals surface area contributed by atoms with E-state index in [1.807, 2.05) is 0 Å². The molecule has 0 radical (unpaired) electrons. The van der Waals surface area contributed by atoms with E-state index in [2.05, 4.69) is 5.32 Å². The van der Waals surface area contributed by atoms with E-state index >= 15 is 0 Å². The first-order valence-electron chi connectivity index (χ1n) is 4.08. The van der Waals surface area contributed by atoms with Crippen molar-refractivity contribution in [3.63, 3.8) is 0 Å². The Hall–Kier alpha value is -1.00. The molecule has 1 aromatic carbocycles. The van der Waals surface area contributed by atoms with Gasteiger partial charge in [-0.2, -0.15) is 0 Å². The van der Waals surface area contributed by atoms with E-state index in [0.29, 0.717) is 19.6 Å². The van der Waals surface area contributed by atoms with E-state index in [0.717, 1.165) is 11.6 Å². The molecule has 0 saturated heterocycles. The molecular formula is C9H12F2N2. The Labute approximate surface area is 75.7 Å². The lowest BCUT2D eigenvalue weighted by molar-refractivity contribution is 0.506. The summed E-state index contributed by atoms with van der Waals surface area (Å²) in [5.74, 6) is -1.61. The molecule has 0 unspecified atom stereocenters. The maximum Gasteiger partial charge on any atom is 0.159 e. The molecule has 13 heavy (non-hydrogen) atoms. The minimum atomic E-state index is -0.810. The molecule has 0 amide bonds. The lowest BCUT2D eigenvalue weighted by Crippen LogP contribution is -2.24. The van der Waals surface area contributed by atoms with Gasteiger partial charge in [0.15, 0.2) is 11.6 Å². The fourth-order valence-corrected chi connectivity index (χ4v) is 1.03. The van der Waals surface area contributed by atoms with Crippen molar-refractivity contribution in [1.29, 1.82) is 0 Å². The van der Waals surface area contributed by atoms with Crippen LogP contribution >= 0.6 is 0 Å². The van der Waals surface area contributed by atoms with Crippen LogP contribution in [0.3, 0.4) is 0 Å². The Bertz CT molecular complexity index is 276. The normalized spacial score (nSPS) is 10.4. The number of hydrogen-bond donors (Lipinski definition) is 2. The van der Waals surface area contributed by atoms with Crippen molar-refractivity contribution in [3.8, 4) is 0 Å². The first kappa shape index (κ1) is 10.1. The van der Waals surface area contributed by atoms with Gasteiger partial charge in [0, 0.05) is 13.2 Å². The highest BCUT2D eigenvalue weighted by atomic mass is 19.2. The van der Waals surface area contributed by atoms with E-state index in [-0.39, 0.29) is 0 Å². The maximum absolute atomic E-state index is 12.7. The van der Waals surface area contributed by atoms with Crippen molar-refractivity contribution in [1.82, 2.24) is 5.32 Å². The minimum Gasteiger partial charge on any atom is -0.318 e. The Balaban J connectivity index is 2.53. The quantitative estimate of drug-likeness (QED) is 0.544. The van der Waals surface area contributed by atoms with E-state index in [1.54, 1.807) is 6.07 Å². The molecule has 0 bridgehead atoms. The molecular weight excluding hydrogens is 174 g/mol. The van der Waals surface area contributed by atoms with E-state index < -0.39 is 11.6 Å².